The Hall–Kier alpha value is -1.73. The van der Waals surface area contributed by atoms with Crippen molar-refractivity contribution in [1.82, 2.24) is 9.99 Å². The van der Waals surface area contributed by atoms with E-state index in [1.165, 1.54) is 6.07 Å². The predicted molar refractivity (Wildman–Crippen MR) is 61.6 cm³/mol. The molecule has 92 valence electrons. The van der Waals surface area contributed by atoms with Gasteiger partial charge in [0.05, 0.1) is 18.1 Å². The number of anilines is 1. The number of ether oxygens (including phenoxy) is 1. The van der Waals surface area contributed by atoms with Gasteiger partial charge in [-0.2, -0.15) is 0 Å². The standard InChI is InChI=1S/C10H14N4O3/c1-8-9(14(15)16)2-3-10(11-8)12-13-4-6-17-7-5-13/h2-3H,4-7H2,1H3,(H,11,12). The van der Waals surface area contributed by atoms with Crippen molar-refractivity contribution in [2.45, 2.75) is 6.92 Å². The Bertz CT molecular complexity index is 418. The van der Waals surface area contributed by atoms with Crippen molar-refractivity contribution in [3.05, 3.63) is 27.9 Å². The molecular formula is C10H14N4O3. The average Bonchev–Trinajstić information content (AvgIpc) is 2.30. The van der Waals surface area contributed by atoms with Gasteiger partial charge in [0.2, 0.25) is 0 Å². The molecule has 0 unspecified atom stereocenters. The lowest BCUT2D eigenvalue weighted by atomic mass is 10.3. The summed E-state index contributed by atoms with van der Waals surface area (Å²) in [7, 11) is 0. The summed E-state index contributed by atoms with van der Waals surface area (Å²) in [6.07, 6.45) is 0. The highest BCUT2D eigenvalue weighted by Gasteiger charge is 2.14. The Morgan fingerprint density at radius 2 is 2.18 bits per heavy atom. The highest BCUT2D eigenvalue weighted by molar-refractivity contribution is 5.44. The van der Waals surface area contributed by atoms with E-state index in [1.54, 1.807) is 13.0 Å². The Kier molecular flexibility index (Phi) is 3.50. The second kappa shape index (κ2) is 5.07. The molecule has 0 bridgehead atoms. The molecule has 1 aliphatic heterocycles. The van der Waals surface area contributed by atoms with Crippen LogP contribution in [-0.2, 0) is 4.74 Å². The van der Waals surface area contributed by atoms with E-state index < -0.39 is 4.92 Å². The molecule has 0 aromatic carbocycles. The van der Waals surface area contributed by atoms with Crippen LogP contribution >= 0.6 is 0 Å². The fraction of sp³-hybridized carbons (Fsp3) is 0.500. The summed E-state index contributed by atoms with van der Waals surface area (Å²) in [4.78, 5) is 14.4. The zero-order valence-corrected chi connectivity index (χ0v) is 9.55. The van der Waals surface area contributed by atoms with Crippen LogP contribution in [0.3, 0.4) is 0 Å². The minimum absolute atomic E-state index is 0.0394. The van der Waals surface area contributed by atoms with E-state index in [4.69, 9.17) is 4.74 Å². The fourth-order valence-corrected chi connectivity index (χ4v) is 1.65. The quantitative estimate of drug-likeness (QED) is 0.624. The first-order valence-electron chi connectivity index (χ1n) is 5.38. The Morgan fingerprint density at radius 1 is 1.47 bits per heavy atom. The van der Waals surface area contributed by atoms with Crippen LogP contribution in [0.5, 0.6) is 0 Å². The third kappa shape index (κ3) is 2.89. The molecule has 0 spiro atoms. The number of pyridine rings is 1. The second-order valence-electron chi connectivity index (χ2n) is 3.77. The number of nitrogens with zero attached hydrogens (tertiary/aromatic N) is 3. The maximum Gasteiger partial charge on any atom is 0.290 e. The van der Waals surface area contributed by atoms with Crippen molar-refractivity contribution < 1.29 is 9.66 Å². The van der Waals surface area contributed by atoms with E-state index >= 15 is 0 Å². The number of aromatic nitrogens is 1. The summed E-state index contributed by atoms with van der Waals surface area (Å²) in [5.74, 6) is 0.620. The van der Waals surface area contributed by atoms with E-state index in [9.17, 15) is 10.1 Å². The number of hydrogen-bond acceptors (Lipinski definition) is 6. The summed E-state index contributed by atoms with van der Waals surface area (Å²) in [6, 6.07) is 3.08. The normalized spacial score (nSPS) is 16.8. The van der Waals surface area contributed by atoms with Crippen LogP contribution in [-0.4, -0.2) is 41.2 Å². The van der Waals surface area contributed by atoms with Crippen LogP contribution in [0.15, 0.2) is 12.1 Å². The number of aryl methyl sites for hydroxylation is 1. The third-order valence-electron chi connectivity index (χ3n) is 2.54. The number of nitrogens with one attached hydrogen (secondary N) is 1. The molecule has 0 radical (unpaired) electrons. The molecule has 0 atom stereocenters. The van der Waals surface area contributed by atoms with Gasteiger partial charge in [0, 0.05) is 19.2 Å². The lowest BCUT2D eigenvalue weighted by Crippen LogP contribution is -2.40. The van der Waals surface area contributed by atoms with Gasteiger partial charge in [-0.15, -0.1) is 0 Å². The molecule has 0 aliphatic carbocycles. The zero-order chi connectivity index (χ0) is 12.3. The topological polar surface area (TPSA) is 80.5 Å². The Labute approximate surface area is 98.5 Å². The fourth-order valence-electron chi connectivity index (χ4n) is 1.65. The molecule has 0 saturated carbocycles. The minimum Gasteiger partial charge on any atom is -0.379 e. The number of hydrogen-bond donors (Lipinski definition) is 1. The highest BCUT2D eigenvalue weighted by Crippen LogP contribution is 2.18. The Balaban J connectivity index is 2.06. The number of hydrazine groups is 1. The zero-order valence-electron chi connectivity index (χ0n) is 9.55. The van der Waals surface area contributed by atoms with Crippen LogP contribution in [0.25, 0.3) is 0 Å². The molecule has 17 heavy (non-hydrogen) atoms. The first-order chi connectivity index (χ1) is 8.16. The van der Waals surface area contributed by atoms with Crippen molar-refractivity contribution in [2.75, 3.05) is 31.7 Å². The summed E-state index contributed by atoms with van der Waals surface area (Å²) >= 11 is 0. The third-order valence-corrected chi connectivity index (χ3v) is 2.54. The minimum atomic E-state index is -0.430. The van der Waals surface area contributed by atoms with E-state index in [2.05, 4.69) is 10.4 Å². The van der Waals surface area contributed by atoms with Crippen LogP contribution in [0, 0.1) is 17.0 Å². The Morgan fingerprint density at radius 3 is 2.76 bits per heavy atom. The lowest BCUT2D eigenvalue weighted by molar-refractivity contribution is -0.385. The molecule has 1 N–H and O–H groups in total. The van der Waals surface area contributed by atoms with Crippen LogP contribution < -0.4 is 5.43 Å². The summed E-state index contributed by atoms with van der Waals surface area (Å²) in [6.45, 7) is 4.54. The van der Waals surface area contributed by atoms with Crippen molar-refractivity contribution in [2.24, 2.45) is 0 Å². The van der Waals surface area contributed by atoms with Crippen LogP contribution in [0.2, 0.25) is 0 Å². The van der Waals surface area contributed by atoms with Gasteiger partial charge >= 0.3 is 0 Å². The first-order valence-corrected chi connectivity index (χ1v) is 5.38. The van der Waals surface area contributed by atoms with E-state index in [-0.39, 0.29) is 5.69 Å². The van der Waals surface area contributed by atoms with Crippen molar-refractivity contribution >= 4 is 11.5 Å². The summed E-state index contributed by atoms with van der Waals surface area (Å²) < 4.78 is 5.22. The SMILES string of the molecule is Cc1nc(NN2CCOCC2)ccc1[N+](=O)[O-]. The molecule has 0 amide bonds. The monoisotopic (exact) mass is 238 g/mol. The van der Waals surface area contributed by atoms with E-state index in [1.807, 2.05) is 5.01 Å². The molecule has 2 rings (SSSR count). The maximum atomic E-state index is 10.6. The van der Waals surface area contributed by atoms with Gasteiger partial charge in [0.1, 0.15) is 11.5 Å². The molecule has 1 aromatic heterocycles. The number of nitro groups is 1. The largest absolute Gasteiger partial charge is 0.379 e. The molecule has 1 fully saturated rings. The molecule has 1 saturated heterocycles. The average molecular weight is 238 g/mol. The van der Waals surface area contributed by atoms with Crippen LogP contribution in [0.1, 0.15) is 5.69 Å². The summed E-state index contributed by atoms with van der Waals surface area (Å²) in [5, 5.41) is 12.6. The van der Waals surface area contributed by atoms with Crippen molar-refractivity contribution in [3.63, 3.8) is 0 Å². The molecule has 1 aliphatic rings. The molecule has 2 heterocycles. The van der Waals surface area contributed by atoms with Gasteiger partial charge < -0.3 is 10.2 Å². The lowest BCUT2D eigenvalue weighted by Gasteiger charge is -2.27. The van der Waals surface area contributed by atoms with Gasteiger partial charge in [-0.3, -0.25) is 10.1 Å². The van der Waals surface area contributed by atoms with E-state index in [0.29, 0.717) is 24.7 Å². The second-order valence-corrected chi connectivity index (χ2v) is 3.77. The van der Waals surface area contributed by atoms with Gasteiger partial charge in [-0.05, 0) is 13.0 Å². The predicted octanol–water partition coefficient (Wildman–Crippen LogP) is 0.957. The molecule has 7 heteroatoms. The van der Waals surface area contributed by atoms with Gasteiger partial charge in [0.15, 0.2) is 0 Å². The summed E-state index contributed by atoms with van der Waals surface area (Å²) in [5.41, 5.74) is 3.56. The van der Waals surface area contributed by atoms with Gasteiger partial charge in [-0.25, -0.2) is 9.99 Å². The van der Waals surface area contributed by atoms with Gasteiger partial charge in [-0.1, -0.05) is 0 Å². The smallest absolute Gasteiger partial charge is 0.290 e. The highest BCUT2D eigenvalue weighted by atomic mass is 16.6. The molecule has 7 nitrogen and oxygen atoms in total. The molecule has 1 aromatic rings. The maximum absolute atomic E-state index is 10.6. The number of morpholine rings is 1. The number of rotatable bonds is 3. The molecular weight excluding hydrogens is 224 g/mol. The van der Waals surface area contributed by atoms with Crippen molar-refractivity contribution in [3.8, 4) is 0 Å². The van der Waals surface area contributed by atoms with E-state index in [0.717, 1.165) is 13.1 Å². The van der Waals surface area contributed by atoms with Crippen LogP contribution in [0.4, 0.5) is 11.5 Å². The van der Waals surface area contributed by atoms with Gasteiger partial charge in [0.25, 0.3) is 5.69 Å². The van der Waals surface area contributed by atoms with Crippen molar-refractivity contribution in [1.29, 1.82) is 0 Å². The first kappa shape index (κ1) is 11.7.